The second kappa shape index (κ2) is 10.5. The summed E-state index contributed by atoms with van der Waals surface area (Å²) in [5.41, 5.74) is 3.06. The maximum Gasteiger partial charge on any atom is 0.269 e. The van der Waals surface area contributed by atoms with Gasteiger partial charge in [0, 0.05) is 19.6 Å². The Labute approximate surface area is 182 Å². The number of benzene rings is 2. The average molecular weight is 444 g/mol. The largest absolute Gasteiger partial charge is 0.367 e. The zero-order valence-electron chi connectivity index (χ0n) is 17.0. The second-order valence-corrected chi connectivity index (χ2v) is 8.89. The van der Waals surface area contributed by atoms with Crippen LogP contribution in [0.1, 0.15) is 17.5 Å². The summed E-state index contributed by atoms with van der Waals surface area (Å²) in [6.07, 6.45) is 0.595. The van der Waals surface area contributed by atoms with E-state index in [1.54, 1.807) is 18.2 Å². The molecule has 8 nitrogen and oxygen atoms in total. The molecule has 9 heteroatoms. The molecule has 0 aliphatic carbocycles. The van der Waals surface area contributed by atoms with Crippen LogP contribution < -0.4 is 10.6 Å². The highest BCUT2D eigenvalue weighted by molar-refractivity contribution is 7.85. The number of nitrogens with zero attached hydrogens (tertiary/aromatic N) is 1. The van der Waals surface area contributed by atoms with Crippen molar-refractivity contribution in [2.75, 3.05) is 19.7 Å². The minimum atomic E-state index is -4.10. The standard InChI is InChI=1S/C22H25N3O5S/c23-13-20(25-22(26)21-14-24-9-2-10-30-21)12-16-5-7-18(8-6-16)19-4-1-3-17(11-19)15-31(27,28)29/h1,3-8,11,20-21,24H,2,9-10,12,14-15H2,(H,25,26)(H,27,28,29)/t20-,21-/m0/s1. The summed E-state index contributed by atoms with van der Waals surface area (Å²) in [6, 6.07) is 15.8. The van der Waals surface area contributed by atoms with Crippen molar-refractivity contribution in [2.24, 2.45) is 0 Å². The summed E-state index contributed by atoms with van der Waals surface area (Å²) >= 11 is 0. The van der Waals surface area contributed by atoms with Crippen LogP contribution in [0.15, 0.2) is 48.5 Å². The van der Waals surface area contributed by atoms with Gasteiger partial charge in [0.25, 0.3) is 16.0 Å². The van der Waals surface area contributed by atoms with Crippen LogP contribution in [0.2, 0.25) is 0 Å². The summed E-state index contributed by atoms with van der Waals surface area (Å²) in [6.45, 7) is 1.74. The topological polar surface area (TPSA) is 129 Å². The molecule has 0 spiro atoms. The number of nitriles is 1. The van der Waals surface area contributed by atoms with E-state index in [-0.39, 0.29) is 5.91 Å². The molecular formula is C22H25N3O5S. The van der Waals surface area contributed by atoms with Gasteiger partial charge in [0.1, 0.15) is 17.9 Å². The fraction of sp³-hybridized carbons (Fsp3) is 0.364. The summed E-state index contributed by atoms with van der Waals surface area (Å²) < 4.78 is 36.8. The van der Waals surface area contributed by atoms with E-state index in [0.717, 1.165) is 29.7 Å². The van der Waals surface area contributed by atoms with Crippen LogP contribution in [-0.2, 0) is 31.8 Å². The quantitative estimate of drug-likeness (QED) is 0.555. The number of nitrogens with one attached hydrogen (secondary N) is 2. The summed E-state index contributed by atoms with van der Waals surface area (Å²) in [7, 11) is -4.10. The van der Waals surface area contributed by atoms with E-state index in [1.807, 2.05) is 30.3 Å². The molecule has 1 heterocycles. The van der Waals surface area contributed by atoms with Crippen LogP contribution in [0.4, 0.5) is 0 Å². The Hall–Kier alpha value is -2.77. The molecule has 1 amide bonds. The molecule has 2 atom stereocenters. The highest BCUT2D eigenvalue weighted by atomic mass is 32.2. The first kappa shape index (κ1) is 22.9. The highest BCUT2D eigenvalue weighted by Crippen LogP contribution is 2.22. The molecule has 0 radical (unpaired) electrons. The molecule has 164 valence electrons. The van der Waals surface area contributed by atoms with Gasteiger partial charge in [-0.1, -0.05) is 48.5 Å². The van der Waals surface area contributed by atoms with Crippen LogP contribution in [0.3, 0.4) is 0 Å². The van der Waals surface area contributed by atoms with Gasteiger partial charge in [-0.2, -0.15) is 13.7 Å². The van der Waals surface area contributed by atoms with Gasteiger partial charge in [0.15, 0.2) is 0 Å². The van der Waals surface area contributed by atoms with E-state index in [9.17, 15) is 18.5 Å². The van der Waals surface area contributed by atoms with Crippen molar-refractivity contribution in [2.45, 2.75) is 30.7 Å². The fourth-order valence-corrected chi connectivity index (χ4v) is 4.00. The molecule has 2 aromatic carbocycles. The van der Waals surface area contributed by atoms with Crippen molar-refractivity contribution < 1.29 is 22.5 Å². The lowest BCUT2D eigenvalue weighted by molar-refractivity contribution is -0.132. The van der Waals surface area contributed by atoms with Gasteiger partial charge in [-0.25, -0.2) is 0 Å². The van der Waals surface area contributed by atoms with E-state index >= 15 is 0 Å². The molecule has 0 bridgehead atoms. The fourth-order valence-electron chi connectivity index (χ4n) is 3.40. The van der Waals surface area contributed by atoms with Crippen LogP contribution in [-0.4, -0.2) is 50.7 Å². The van der Waals surface area contributed by atoms with Crippen molar-refractivity contribution in [1.82, 2.24) is 10.6 Å². The lowest BCUT2D eigenvalue weighted by Gasteiger charge is -2.18. The number of hydrogen-bond donors (Lipinski definition) is 3. The van der Waals surface area contributed by atoms with Gasteiger partial charge >= 0.3 is 0 Å². The van der Waals surface area contributed by atoms with E-state index < -0.39 is 28.0 Å². The van der Waals surface area contributed by atoms with Crippen molar-refractivity contribution in [3.8, 4) is 17.2 Å². The minimum Gasteiger partial charge on any atom is -0.367 e. The van der Waals surface area contributed by atoms with Crippen molar-refractivity contribution in [3.05, 3.63) is 59.7 Å². The number of carbonyl (C=O) groups is 1. The third-order valence-electron chi connectivity index (χ3n) is 4.91. The van der Waals surface area contributed by atoms with Gasteiger partial charge in [-0.3, -0.25) is 9.35 Å². The molecule has 3 rings (SSSR count). The van der Waals surface area contributed by atoms with Crippen molar-refractivity contribution in [1.29, 1.82) is 5.26 Å². The predicted molar refractivity (Wildman–Crippen MR) is 116 cm³/mol. The second-order valence-electron chi connectivity index (χ2n) is 7.44. The Morgan fingerprint density at radius 1 is 1.23 bits per heavy atom. The monoisotopic (exact) mass is 443 g/mol. The Morgan fingerprint density at radius 3 is 2.71 bits per heavy atom. The lowest BCUT2D eigenvalue weighted by Crippen LogP contribution is -2.46. The van der Waals surface area contributed by atoms with Gasteiger partial charge < -0.3 is 15.4 Å². The third kappa shape index (κ3) is 7.15. The van der Waals surface area contributed by atoms with E-state index in [1.165, 1.54) is 0 Å². The molecule has 0 unspecified atom stereocenters. The van der Waals surface area contributed by atoms with Crippen molar-refractivity contribution >= 4 is 16.0 Å². The molecule has 31 heavy (non-hydrogen) atoms. The first-order chi connectivity index (χ1) is 14.8. The molecular weight excluding hydrogens is 418 g/mol. The highest BCUT2D eigenvalue weighted by Gasteiger charge is 2.23. The Kier molecular flexibility index (Phi) is 7.76. The molecule has 1 aliphatic heterocycles. The van der Waals surface area contributed by atoms with Crippen LogP contribution >= 0.6 is 0 Å². The minimum absolute atomic E-state index is 0.298. The van der Waals surface area contributed by atoms with Gasteiger partial charge in [-0.05, 0) is 35.2 Å². The maximum absolute atomic E-state index is 12.4. The Morgan fingerprint density at radius 2 is 2.00 bits per heavy atom. The lowest BCUT2D eigenvalue weighted by atomic mass is 10.00. The molecule has 1 saturated heterocycles. The smallest absolute Gasteiger partial charge is 0.269 e. The predicted octanol–water partition coefficient (Wildman–Crippen LogP) is 1.67. The number of hydrogen-bond acceptors (Lipinski definition) is 6. The van der Waals surface area contributed by atoms with Crippen LogP contribution in [0.5, 0.6) is 0 Å². The number of carbonyl (C=O) groups excluding carboxylic acids is 1. The molecule has 1 aliphatic rings. The zero-order chi connectivity index (χ0) is 22.3. The molecule has 2 aromatic rings. The van der Waals surface area contributed by atoms with Gasteiger partial charge in [0.05, 0.1) is 6.07 Å². The van der Waals surface area contributed by atoms with E-state index in [4.69, 9.17) is 9.29 Å². The molecule has 1 fully saturated rings. The third-order valence-corrected chi connectivity index (χ3v) is 5.61. The van der Waals surface area contributed by atoms with E-state index in [0.29, 0.717) is 25.1 Å². The first-order valence-electron chi connectivity index (χ1n) is 10.00. The SMILES string of the molecule is N#C[C@H](Cc1ccc(-c2cccc(CS(=O)(=O)O)c2)cc1)NC(=O)[C@@H]1CNCCCO1. The van der Waals surface area contributed by atoms with Gasteiger partial charge in [-0.15, -0.1) is 0 Å². The van der Waals surface area contributed by atoms with Gasteiger partial charge in [0.2, 0.25) is 0 Å². The zero-order valence-corrected chi connectivity index (χ0v) is 17.8. The van der Waals surface area contributed by atoms with Crippen molar-refractivity contribution in [3.63, 3.8) is 0 Å². The number of ether oxygens (including phenoxy) is 1. The van der Waals surface area contributed by atoms with Crippen LogP contribution in [0, 0.1) is 11.3 Å². The summed E-state index contributed by atoms with van der Waals surface area (Å²) in [5, 5.41) is 15.3. The Balaban J connectivity index is 1.63. The summed E-state index contributed by atoms with van der Waals surface area (Å²) in [4.78, 5) is 12.4. The molecule has 0 saturated carbocycles. The maximum atomic E-state index is 12.4. The molecule has 0 aromatic heterocycles. The number of rotatable bonds is 7. The first-order valence-corrected chi connectivity index (χ1v) is 11.6. The Bertz CT molecular complexity index is 1040. The van der Waals surface area contributed by atoms with E-state index in [2.05, 4.69) is 16.7 Å². The number of amides is 1. The van der Waals surface area contributed by atoms with Crippen LogP contribution in [0.25, 0.3) is 11.1 Å². The normalized spacial score (nSPS) is 17.9. The average Bonchev–Trinajstić information content (AvgIpc) is 3.02. The summed E-state index contributed by atoms with van der Waals surface area (Å²) in [5.74, 6) is -0.740. The molecule has 3 N–H and O–H groups in total.